The van der Waals surface area contributed by atoms with Crippen molar-refractivity contribution in [3.05, 3.63) is 54.1 Å². The molecule has 4 nitrogen and oxygen atoms in total. The molecule has 0 fully saturated rings. The lowest BCUT2D eigenvalue weighted by molar-refractivity contribution is 0.460. The highest BCUT2D eigenvalue weighted by Crippen LogP contribution is 2.22. The number of para-hydroxylation sites is 2. The van der Waals surface area contributed by atoms with Gasteiger partial charge in [0.2, 0.25) is 0 Å². The van der Waals surface area contributed by atoms with Crippen LogP contribution in [0.5, 0.6) is 0 Å². The van der Waals surface area contributed by atoms with Crippen LogP contribution in [0.1, 0.15) is 5.56 Å². The smallest absolute Gasteiger partial charge is 0.183 e. The van der Waals surface area contributed by atoms with Crippen molar-refractivity contribution in [2.45, 2.75) is 6.92 Å². The SMILES string of the molecule is Cc1ccccc1NC(=S)Nc1noc2ccccc12. The van der Waals surface area contributed by atoms with E-state index in [-0.39, 0.29) is 0 Å². The largest absolute Gasteiger partial charge is 0.354 e. The first kappa shape index (κ1) is 12.6. The molecule has 0 radical (unpaired) electrons. The minimum Gasteiger partial charge on any atom is -0.354 e. The number of fused-ring (bicyclic) bond motifs is 1. The summed E-state index contributed by atoms with van der Waals surface area (Å²) < 4.78 is 5.22. The van der Waals surface area contributed by atoms with E-state index in [0.717, 1.165) is 22.2 Å². The average molecular weight is 283 g/mol. The second-order valence-corrected chi connectivity index (χ2v) is 4.83. The highest BCUT2D eigenvalue weighted by Gasteiger charge is 2.09. The number of hydrogen-bond acceptors (Lipinski definition) is 3. The van der Waals surface area contributed by atoms with E-state index in [0.29, 0.717) is 10.9 Å². The van der Waals surface area contributed by atoms with Gasteiger partial charge < -0.3 is 15.2 Å². The van der Waals surface area contributed by atoms with Crippen molar-refractivity contribution in [2.24, 2.45) is 0 Å². The topological polar surface area (TPSA) is 50.1 Å². The van der Waals surface area contributed by atoms with Crippen molar-refractivity contribution < 1.29 is 4.52 Å². The first-order valence-electron chi connectivity index (χ1n) is 6.22. The minimum atomic E-state index is 0.485. The number of aromatic nitrogens is 1. The molecule has 0 atom stereocenters. The van der Waals surface area contributed by atoms with Gasteiger partial charge >= 0.3 is 0 Å². The van der Waals surface area contributed by atoms with Crippen LogP contribution in [0.3, 0.4) is 0 Å². The predicted molar refractivity (Wildman–Crippen MR) is 85.0 cm³/mol. The summed E-state index contributed by atoms with van der Waals surface area (Å²) in [6, 6.07) is 15.6. The molecule has 2 aromatic carbocycles. The molecule has 3 aromatic rings. The lowest BCUT2D eigenvalue weighted by Crippen LogP contribution is -2.19. The van der Waals surface area contributed by atoms with E-state index in [2.05, 4.69) is 15.8 Å². The van der Waals surface area contributed by atoms with Gasteiger partial charge in [0.1, 0.15) is 0 Å². The van der Waals surface area contributed by atoms with Gasteiger partial charge in [0.05, 0.1) is 5.39 Å². The molecule has 20 heavy (non-hydrogen) atoms. The monoisotopic (exact) mass is 283 g/mol. The van der Waals surface area contributed by atoms with Crippen LogP contribution in [0.15, 0.2) is 53.1 Å². The van der Waals surface area contributed by atoms with E-state index < -0.39 is 0 Å². The van der Waals surface area contributed by atoms with Gasteiger partial charge in [0, 0.05) is 5.69 Å². The molecule has 0 saturated carbocycles. The Morgan fingerprint density at radius 2 is 1.80 bits per heavy atom. The summed E-state index contributed by atoms with van der Waals surface area (Å²) in [5.41, 5.74) is 2.83. The number of anilines is 2. The standard InChI is InChI=1S/C15H13N3OS/c1-10-6-2-4-8-12(10)16-15(20)17-14-11-7-3-5-9-13(11)19-18-14/h2-9H,1H3,(H2,16,17,18,20). The third kappa shape index (κ3) is 2.48. The summed E-state index contributed by atoms with van der Waals surface area (Å²) in [6.45, 7) is 2.02. The Morgan fingerprint density at radius 1 is 1.05 bits per heavy atom. The van der Waals surface area contributed by atoms with Crippen LogP contribution in [0.25, 0.3) is 11.0 Å². The zero-order valence-corrected chi connectivity index (χ0v) is 11.7. The molecule has 0 amide bonds. The van der Waals surface area contributed by atoms with E-state index in [1.807, 2.05) is 55.5 Å². The zero-order valence-electron chi connectivity index (χ0n) is 10.9. The first-order chi connectivity index (χ1) is 9.74. The molecule has 1 heterocycles. The van der Waals surface area contributed by atoms with E-state index in [1.165, 1.54) is 0 Å². The first-order valence-corrected chi connectivity index (χ1v) is 6.63. The summed E-state index contributed by atoms with van der Waals surface area (Å²) >= 11 is 5.30. The molecular weight excluding hydrogens is 270 g/mol. The number of thiocarbonyl (C=S) groups is 1. The fraction of sp³-hybridized carbons (Fsp3) is 0.0667. The van der Waals surface area contributed by atoms with Crippen LogP contribution in [-0.4, -0.2) is 10.3 Å². The number of nitrogens with one attached hydrogen (secondary N) is 2. The summed E-state index contributed by atoms with van der Waals surface area (Å²) in [5, 5.41) is 11.6. The summed E-state index contributed by atoms with van der Waals surface area (Å²) in [7, 11) is 0. The molecule has 0 aliphatic rings. The molecule has 0 bridgehead atoms. The fourth-order valence-electron chi connectivity index (χ4n) is 1.95. The van der Waals surface area contributed by atoms with Gasteiger partial charge in [-0.3, -0.25) is 0 Å². The fourth-order valence-corrected chi connectivity index (χ4v) is 2.16. The van der Waals surface area contributed by atoms with Crippen LogP contribution in [0.2, 0.25) is 0 Å². The maximum atomic E-state index is 5.30. The molecule has 0 spiro atoms. The molecule has 0 saturated heterocycles. The van der Waals surface area contributed by atoms with Gasteiger partial charge in [-0.1, -0.05) is 35.5 Å². The number of aryl methyl sites for hydroxylation is 1. The normalized spacial score (nSPS) is 10.4. The van der Waals surface area contributed by atoms with Gasteiger partial charge in [-0.2, -0.15) is 0 Å². The van der Waals surface area contributed by atoms with Crippen LogP contribution in [0, 0.1) is 6.92 Å². The van der Waals surface area contributed by atoms with Crippen molar-refractivity contribution in [3.63, 3.8) is 0 Å². The molecule has 5 heteroatoms. The molecular formula is C15H13N3OS. The Kier molecular flexibility index (Phi) is 3.35. The summed E-state index contributed by atoms with van der Waals surface area (Å²) in [6.07, 6.45) is 0. The Balaban J connectivity index is 1.78. The van der Waals surface area contributed by atoms with Crippen molar-refractivity contribution in [1.82, 2.24) is 5.16 Å². The third-order valence-electron chi connectivity index (χ3n) is 3.00. The predicted octanol–water partition coefficient (Wildman–Crippen LogP) is 3.95. The third-order valence-corrected chi connectivity index (χ3v) is 3.21. The highest BCUT2D eigenvalue weighted by atomic mass is 32.1. The molecule has 1 aromatic heterocycles. The number of hydrogen-bond donors (Lipinski definition) is 2. The molecule has 0 unspecified atom stereocenters. The summed E-state index contributed by atoms with van der Waals surface area (Å²) in [5.74, 6) is 0.617. The van der Waals surface area contributed by atoms with Gasteiger partial charge in [0.15, 0.2) is 16.5 Å². The lowest BCUT2D eigenvalue weighted by atomic mass is 10.2. The van der Waals surface area contributed by atoms with E-state index in [1.54, 1.807) is 0 Å². The molecule has 0 aliphatic heterocycles. The Morgan fingerprint density at radius 3 is 2.65 bits per heavy atom. The zero-order chi connectivity index (χ0) is 13.9. The second kappa shape index (κ2) is 5.30. The van der Waals surface area contributed by atoms with Crippen LogP contribution < -0.4 is 10.6 Å². The number of rotatable bonds is 2. The molecule has 100 valence electrons. The van der Waals surface area contributed by atoms with Crippen molar-refractivity contribution >= 4 is 39.8 Å². The minimum absolute atomic E-state index is 0.485. The average Bonchev–Trinajstić information content (AvgIpc) is 2.85. The Bertz CT molecular complexity index is 766. The van der Waals surface area contributed by atoms with Crippen molar-refractivity contribution in [2.75, 3.05) is 10.6 Å². The molecule has 2 N–H and O–H groups in total. The molecule has 3 rings (SSSR count). The lowest BCUT2D eigenvalue weighted by Gasteiger charge is -2.10. The van der Waals surface area contributed by atoms with E-state index in [9.17, 15) is 0 Å². The van der Waals surface area contributed by atoms with Crippen molar-refractivity contribution in [3.8, 4) is 0 Å². The van der Waals surface area contributed by atoms with Gasteiger partial charge in [0.25, 0.3) is 0 Å². The maximum Gasteiger partial charge on any atom is 0.183 e. The highest BCUT2D eigenvalue weighted by molar-refractivity contribution is 7.80. The van der Waals surface area contributed by atoms with Crippen LogP contribution >= 0.6 is 12.2 Å². The van der Waals surface area contributed by atoms with E-state index in [4.69, 9.17) is 16.7 Å². The van der Waals surface area contributed by atoms with Crippen molar-refractivity contribution in [1.29, 1.82) is 0 Å². The number of benzene rings is 2. The van der Waals surface area contributed by atoms with E-state index >= 15 is 0 Å². The Labute approximate surface area is 121 Å². The van der Waals surface area contributed by atoms with Crippen LogP contribution in [0.4, 0.5) is 11.5 Å². The summed E-state index contributed by atoms with van der Waals surface area (Å²) in [4.78, 5) is 0. The maximum absolute atomic E-state index is 5.30. The van der Waals surface area contributed by atoms with Gasteiger partial charge in [-0.15, -0.1) is 0 Å². The quantitative estimate of drug-likeness (QED) is 0.697. The van der Waals surface area contributed by atoms with Gasteiger partial charge in [-0.05, 0) is 42.9 Å². The van der Waals surface area contributed by atoms with Gasteiger partial charge in [-0.25, -0.2) is 0 Å². The van der Waals surface area contributed by atoms with Crippen LogP contribution in [-0.2, 0) is 0 Å². The second-order valence-electron chi connectivity index (χ2n) is 4.42. The Hall–Kier alpha value is -2.40. The number of nitrogens with zero attached hydrogens (tertiary/aromatic N) is 1. The molecule has 0 aliphatic carbocycles.